The van der Waals surface area contributed by atoms with E-state index in [1.165, 1.54) is 12.8 Å². The molecule has 0 N–H and O–H groups in total. The van der Waals surface area contributed by atoms with Crippen LogP contribution in [0.15, 0.2) is 46.9 Å². The fraction of sp³-hybridized carbons (Fsp3) is 0.435. The van der Waals surface area contributed by atoms with Crippen molar-refractivity contribution >= 4 is 21.8 Å². The lowest BCUT2D eigenvalue weighted by Crippen LogP contribution is -2.27. The molecule has 0 saturated carbocycles. The average Bonchev–Trinajstić information content (AvgIpc) is 3.38. The molecule has 146 valence electrons. The minimum Gasteiger partial charge on any atom is -0.493 e. The molecule has 2 bridgehead atoms. The largest absolute Gasteiger partial charge is 0.493 e. The van der Waals surface area contributed by atoms with Crippen molar-refractivity contribution in [3.63, 3.8) is 0 Å². The van der Waals surface area contributed by atoms with Gasteiger partial charge in [-0.2, -0.15) is 0 Å². The van der Waals surface area contributed by atoms with Gasteiger partial charge in [0.2, 0.25) is 0 Å². The van der Waals surface area contributed by atoms with Crippen LogP contribution in [-0.2, 0) is 17.8 Å². The van der Waals surface area contributed by atoms with Crippen molar-refractivity contribution in [1.29, 1.82) is 0 Å². The number of nitrogens with zero attached hydrogens (tertiary/aromatic N) is 1. The highest BCUT2D eigenvalue weighted by molar-refractivity contribution is 9.10. The number of ether oxygens (including phenoxy) is 2. The molecule has 2 fully saturated rings. The third kappa shape index (κ3) is 3.35. The smallest absolute Gasteiger partial charge is 0.258 e. The quantitative estimate of drug-likeness (QED) is 0.626. The fourth-order valence-electron chi connectivity index (χ4n) is 4.81. The highest BCUT2D eigenvalue weighted by Gasteiger charge is 2.45. The second-order valence-corrected chi connectivity index (χ2v) is 9.09. The van der Waals surface area contributed by atoms with Crippen LogP contribution in [0.5, 0.6) is 5.75 Å². The molecule has 3 heterocycles. The van der Waals surface area contributed by atoms with Gasteiger partial charge in [0.15, 0.2) is 0 Å². The average molecular weight is 442 g/mol. The lowest BCUT2D eigenvalue weighted by Gasteiger charge is -2.24. The zero-order valence-electron chi connectivity index (χ0n) is 15.8. The summed E-state index contributed by atoms with van der Waals surface area (Å²) in [7, 11) is 0. The summed E-state index contributed by atoms with van der Waals surface area (Å²) in [5.74, 6) is 0.773. The summed E-state index contributed by atoms with van der Waals surface area (Å²) in [6, 6.07) is 14.1. The van der Waals surface area contributed by atoms with E-state index in [0.29, 0.717) is 31.5 Å². The molecule has 0 spiro atoms. The van der Waals surface area contributed by atoms with Gasteiger partial charge in [0, 0.05) is 24.0 Å². The Balaban J connectivity index is 1.26. The highest BCUT2D eigenvalue weighted by Crippen LogP contribution is 2.45. The van der Waals surface area contributed by atoms with Crippen molar-refractivity contribution in [1.82, 2.24) is 4.90 Å². The number of benzene rings is 2. The predicted molar refractivity (Wildman–Crippen MR) is 110 cm³/mol. The molecule has 2 aromatic carbocycles. The highest BCUT2D eigenvalue weighted by atomic mass is 79.9. The normalized spacial score (nSPS) is 25.4. The monoisotopic (exact) mass is 441 g/mol. The van der Waals surface area contributed by atoms with Gasteiger partial charge in [0.05, 0.1) is 23.9 Å². The van der Waals surface area contributed by atoms with Crippen molar-refractivity contribution in [2.75, 3.05) is 6.61 Å². The van der Waals surface area contributed by atoms with Crippen LogP contribution in [0.25, 0.3) is 0 Å². The standard InChI is InChI=1S/C23H24BrNO3/c24-18-6-4-16(5-7-18)14-25-15-17-2-1-3-20(21(17)22(25)26)27-13-12-23-10-8-19(28-23)9-11-23/h1-7,19H,8-15H2. The number of fused-ring (bicyclic) bond motifs is 3. The van der Waals surface area contributed by atoms with Crippen molar-refractivity contribution in [3.8, 4) is 5.75 Å². The zero-order chi connectivity index (χ0) is 19.1. The molecule has 0 atom stereocenters. The molecule has 5 rings (SSSR count). The van der Waals surface area contributed by atoms with E-state index in [0.717, 1.165) is 40.4 Å². The van der Waals surface area contributed by atoms with E-state index < -0.39 is 0 Å². The first-order chi connectivity index (χ1) is 13.6. The van der Waals surface area contributed by atoms with Crippen molar-refractivity contribution in [2.45, 2.75) is 56.9 Å². The van der Waals surface area contributed by atoms with E-state index >= 15 is 0 Å². The second-order valence-electron chi connectivity index (χ2n) is 8.18. The number of amides is 1. The molecule has 3 aliphatic heterocycles. The molecular weight excluding hydrogens is 418 g/mol. The summed E-state index contributed by atoms with van der Waals surface area (Å²) in [4.78, 5) is 14.9. The molecule has 0 aromatic heterocycles. The van der Waals surface area contributed by atoms with Gasteiger partial charge in [-0.05, 0) is 55.0 Å². The molecule has 4 nitrogen and oxygen atoms in total. The van der Waals surface area contributed by atoms with Crippen molar-refractivity contribution in [2.24, 2.45) is 0 Å². The Labute approximate surface area is 174 Å². The first-order valence-electron chi connectivity index (χ1n) is 10.1. The number of hydrogen-bond acceptors (Lipinski definition) is 3. The third-order valence-electron chi connectivity index (χ3n) is 6.34. The van der Waals surface area contributed by atoms with E-state index in [1.807, 2.05) is 47.4 Å². The van der Waals surface area contributed by atoms with Crippen LogP contribution >= 0.6 is 15.9 Å². The molecule has 2 aromatic rings. The molecule has 0 unspecified atom stereocenters. The van der Waals surface area contributed by atoms with Crippen LogP contribution in [-0.4, -0.2) is 29.1 Å². The number of halogens is 1. The summed E-state index contributed by atoms with van der Waals surface area (Å²) in [6.07, 6.45) is 6.04. The van der Waals surface area contributed by atoms with Gasteiger partial charge < -0.3 is 14.4 Å². The number of carbonyl (C=O) groups excluding carboxylic acids is 1. The zero-order valence-corrected chi connectivity index (χ0v) is 17.4. The van der Waals surface area contributed by atoms with Crippen molar-refractivity contribution in [3.05, 3.63) is 63.6 Å². The van der Waals surface area contributed by atoms with Gasteiger partial charge in [0.25, 0.3) is 5.91 Å². The fourth-order valence-corrected chi connectivity index (χ4v) is 5.07. The Kier molecular flexibility index (Phi) is 4.68. The second kappa shape index (κ2) is 7.20. The molecule has 0 aliphatic carbocycles. The van der Waals surface area contributed by atoms with E-state index in [2.05, 4.69) is 15.9 Å². The molecule has 5 heteroatoms. The Morgan fingerprint density at radius 2 is 1.93 bits per heavy atom. The molecule has 3 aliphatic rings. The molecule has 28 heavy (non-hydrogen) atoms. The summed E-state index contributed by atoms with van der Waals surface area (Å²) in [5, 5.41) is 0. The van der Waals surface area contributed by atoms with Crippen LogP contribution in [0, 0.1) is 0 Å². The predicted octanol–water partition coefficient (Wildman–Crippen LogP) is 5.09. The topological polar surface area (TPSA) is 38.8 Å². The maximum Gasteiger partial charge on any atom is 0.258 e. The van der Waals surface area contributed by atoms with Gasteiger partial charge in [-0.25, -0.2) is 0 Å². The number of carbonyl (C=O) groups is 1. The van der Waals surface area contributed by atoms with Crippen LogP contribution in [0.4, 0.5) is 0 Å². The maximum atomic E-state index is 13.0. The van der Waals surface area contributed by atoms with Crippen LogP contribution in [0.1, 0.15) is 53.6 Å². The van der Waals surface area contributed by atoms with Gasteiger partial charge in [-0.1, -0.05) is 40.2 Å². The Bertz CT molecular complexity index is 887. The van der Waals surface area contributed by atoms with E-state index in [-0.39, 0.29) is 11.5 Å². The molecule has 2 saturated heterocycles. The third-order valence-corrected chi connectivity index (χ3v) is 6.87. The summed E-state index contributed by atoms with van der Waals surface area (Å²) in [6.45, 7) is 1.85. The van der Waals surface area contributed by atoms with Gasteiger partial charge in [-0.15, -0.1) is 0 Å². The van der Waals surface area contributed by atoms with E-state index in [9.17, 15) is 4.79 Å². The minimum atomic E-state index is 0.0280. The maximum absolute atomic E-state index is 13.0. The van der Waals surface area contributed by atoms with Gasteiger partial charge in [0.1, 0.15) is 5.75 Å². The first-order valence-corrected chi connectivity index (χ1v) is 10.9. The van der Waals surface area contributed by atoms with Gasteiger partial charge >= 0.3 is 0 Å². The molecule has 0 radical (unpaired) electrons. The first kappa shape index (κ1) is 18.2. The number of hydrogen-bond donors (Lipinski definition) is 0. The summed E-state index contributed by atoms with van der Waals surface area (Å²) >= 11 is 3.46. The summed E-state index contributed by atoms with van der Waals surface area (Å²) in [5.41, 5.74) is 2.94. The van der Waals surface area contributed by atoms with Crippen LogP contribution < -0.4 is 4.74 Å². The molecule has 1 amide bonds. The SMILES string of the molecule is O=C1c2c(cccc2OCCC23CCC(CC2)O3)CN1Cc1ccc(Br)cc1. The van der Waals surface area contributed by atoms with E-state index in [1.54, 1.807) is 0 Å². The van der Waals surface area contributed by atoms with Crippen molar-refractivity contribution < 1.29 is 14.3 Å². The summed E-state index contributed by atoms with van der Waals surface area (Å²) < 4.78 is 13.3. The minimum absolute atomic E-state index is 0.0280. The van der Waals surface area contributed by atoms with Crippen LogP contribution in [0.3, 0.4) is 0 Å². The molecular formula is C23H24BrNO3. The van der Waals surface area contributed by atoms with E-state index in [4.69, 9.17) is 9.47 Å². The van der Waals surface area contributed by atoms with Crippen LogP contribution in [0.2, 0.25) is 0 Å². The Hall–Kier alpha value is -1.85. The number of rotatable bonds is 6. The lowest BCUT2D eigenvalue weighted by molar-refractivity contribution is -0.00167. The lowest BCUT2D eigenvalue weighted by atomic mass is 9.86. The van der Waals surface area contributed by atoms with Gasteiger partial charge in [-0.3, -0.25) is 4.79 Å². The Morgan fingerprint density at radius 3 is 2.64 bits per heavy atom. The Morgan fingerprint density at radius 1 is 1.14 bits per heavy atom.